The molecule has 2 heterocycles. The van der Waals surface area contributed by atoms with Crippen molar-refractivity contribution >= 4 is 23.3 Å². The molecular weight excluding hydrogens is 489 g/mol. The van der Waals surface area contributed by atoms with E-state index in [-0.39, 0.29) is 24.4 Å². The highest BCUT2D eigenvalue weighted by molar-refractivity contribution is 7.09. The first-order chi connectivity index (χ1) is 17.3. The third kappa shape index (κ3) is 7.09. The minimum atomic E-state index is -4.38. The lowest BCUT2D eigenvalue weighted by Gasteiger charge is -2.31. The smallest absolute Gasteiger partial charge is 0.347 e. The molecule has 2 aromatic rings. The van der Waals surface area contributed by atoms with Gasteiger partial charge in [0, 0.05) is 37.5 Å². The number of piperidine rings is 1. The molecule has 0 atom stereocenters. The number of likely N-dealkylation sites (tertiary alicyclic amines) is 1. The number of thiazole rings is 1. The van der Waals surface area contributed by atoms with Gasteiger partial charge in [0.1, 0.15) is 5.69 Å². The Morgan fingerprint density at radius 1 is 1.08 bits per heavy atom. The number of urea groups is 1. The minimum absolute atomic E-state index is 0.0210. The summed E-state index contributed by atoms with van der Waals surface area (Å²) in [6.07, 6.45) is 5.22. The Bertz CT molecular complexity index is 1070. The van der Waals surface area contributed by atoms with Crippen molar-refractivity contribution in [3.05, 3.63) is 63.1 Å². The lowest BCUT2D eigenvalue weighted by Crippen LogP contribution is -2.44. The Labute approximate surface area is 213 Å². The molecule has 1 saturated heterocycles. The highest BCUT2D eigenvalue weighted by atomic mass is 32.1. The second kappa shape index (κ2) is 11.9. The van der Waals surface area contributed by atoms with E-state index in [9.17, 15) is 22.8 Å². The molecule has 0 bridgehead atoms. The first-order valence-corrected chi connectivity index (χ1v) is 13.3. The molecule has 36 heavy (non-hydrogen) atoms. The van der Waals surface area contributed by atoms with Crippen molar-refractivity contribution in [2.24, 2.45) is 0 Å². The molecule has 0 unspecified atom stereocenters. The van der Waals surface area contributed by atoms with Gasteiger partial charge in [-0.15, -0.1) is 11.3 Å². The molecule has 194 valence electrons. The van der Waals surface area contributed by atoms with Gasteiger partial charge in [-0.25, -0.2) is 9.78 Å². The van der Waals surface area contributed by atoms with Crippen LogP contribution in [0.1, 0.15) is 77.5 Å². The molecule has 1 fully saturated rings. The summed E-state index contributed by atoms with van der Waals surface area (Å²) in [7, 11) is 0. The number of hydrogen-bond acceptors (Lipinski definition) is 4. The number of allylic oxidation sites excluding steroid dienone is 1. The number of halogens is 3. The molecule has 0 saturated carbocycles. The summed E-state index contributed by atoms with van der Waals surface area (Å²) in [5.41, 5.74) is 1.61. The second-order valence-corrected chi connectivity index (χ2v) is 10.2. The summed E-state index contributed by atoms with van der Waals surface area (Å²) in [6, 6.07) is 4.69. The van der Waals surface area contributed by atoms with E-state index in [1.807, 2.05) is 4.90 Å². The SMILES string of the molecule is O=C(NCc1ccc(C(F)(F)F)cc1)c1csc(C2CCN(C(=O)NCCC3=CCCCC3)CC2)n1. The summed E-state index contributed by atoms with van der Waals surface area (Å²) in [6.45, 7) is 2.08. The van der Waals surface area contributed by atoms with Gasteiger partial charge >= 0.3 is 12.2 Å². The normalized spacial score (nSPS) is 17.0. The quantitative estimate of drug-likeness (QED) is 0.449. The van der Waals surface area contributed by atoms with Crippen LogP contribution in [0.5, 0.6) is 0 Å². The van der Waals surface area contributed by atoms with Crippen molar-refractivity contribution in [2.75, 3.05) is 19.6 Å². The average Bonchev–Trinajstić information content (AvgIpc) is 3.38. The first kappa shape index (κ1) is 26.2. The van der Waals surface area contributed by atoms with Gasteiger partial charge < -0.3 is 15.5 Å². The fraction of sp³-hybridized carbons (Fsp3) is 0.500. The van der Waals surface area contributed by atoms with Crippen molar-refractivity contribution < 1.29 is 22.8 Å². The van der Waals surface area contributed by atoms with E-state index >= 15 is 0 Å². The average molecular weight is 521 g/mol. The molecule has 6 nitrogen and oxygen atoms in total. The van der Waals surface area contributed by atoms with E-state index in [2.05, 4.69) is 21.7 Å². The summed E-state index contributed by atoms with van der Waals surface area (Å²) >= 11 is 1.43. The van der Waals surface area contributed by atoms with Gasteiger partial charge in [-0.05, 0) is 62.6 Å². The number of nitrogens with zero attached hydrogens (tertiary/aromatic N) is 2. The van der Waals surface area contributed by atoms with Gasteiger partial charge in [-0.3, -0.25) is 4.79 Å². The van der Waals surface area contributed by atoms with Crippen LogP contribution in [0, 0.1) is 0 Å². The van der Waals surface area contributed by atoms with Gasteiger partial charge in [0.2, 0.25) is 0 Å². The van der Waals surface area contributed by atoms with Crippen LogP contribution in [0.2, 0.25) is 0 Å². The molecule has 1 aliphatic carbocycles. The summed E-state index contributed by atoms with van der Waals surface area (Å²) < 4.78 is 38.1. The molecule has 2 aliphatic rings. The van der Waals surface area contributed by atoms with Crippen molar-refractivity contribution in [1.29, 1.82) is 0 Å². The van der Waals surface area contributed by atoms with E-state index in [0.717, 1.165) is 49.2 Å². The predicted octanol–water partition coefficient (Wildman–Crippen LogP) is 5.87. The Balaban J connectivity index is 1.20. The fourth-order valence-corrected chi connectivity index (χ4v) is 5.54. The van der Waals surface area contributed by atoms with Gasteiger partial charge in [-0.2, -0.15) is 13.2 Å². The van der Waals surface area contributed by atoms with Crippen LogP contribution in [-0.4, -0.2) is 41.5 Å². The highest BCUT2D eigenvalue weighted by Crippen LogP contribution is 2.31. The number of hydrogen-bond donors (Lipinski definition) is 2. The Morgan fingerprint density at radius 2 is 1.83 bits per heavy atom. The van der Waals surface area contributed by atoms with Gasteiger partial charge in [0.05, 0.1) is 10.6 Å². The summed E-state index contributed by atoms with van der Waals surface area (Å²) in [4.78, 5) is 31.3. The van der Waals surface area contributed by atoms with Crippen molar-refractivity contribution in [3.8, 4) is 0 Å². The Hall–Kier alpha value is -2.88. The maximum Gasteiger partial charge on any atom is 0.416 e. The zero-order chi connectivity index (χ0) is 25.5. The van der Waals surface area contributed by atoms with E-state index < -0.39 is 11.7 Å². The zero-order valence-corrected chi connectivity index (χ0v) is 20.9. The number of benzene rings is 1. The highest BCUT2D eigenvalue weighted by Gasteiger charge is 2.30. The monoisotopic (exact) mass is 520 g/mol. The van der Waals surface area contributed by atoms with Crippen LogP contribution in [0.25, 0.3) is 0 Å². The van der Waals surface area contributed by atoms with Crippen LogP contribution in [0.4, 0.5) is 18.0 Å². The molecular formula is C26H31F3N4O2S. The molecule has 3 amide bonds. The number of nitrogens with one attached hydrogen (secondary N) is 2. The topological polar surface area (TPSA) is 74.3 Å². The van der Waals surface area contributed by atoms with Gasteiger partial charge in [0.25, 0.3) is 5.91 Å². The molecule has 2 N–H and O–H groups in total. The molecule has 1 aliphatic heterocycles. The van der Waals surface area contributed by atoms with E-state index in [4.69, 9.17) is 0 Å². The number of aromatic nitrogens is 1. The molecule has 0 spiro atoms. The van der Waals surface area contributed by atoms with Crippen LogP contribution in [0.15, 0.2) is 41.3 Å². The lowest BCUT2D eigenvalue weighted by atomic mass is 9.97. The number of amides is 3. The molecule has 4 rings (SSSR count). The van der Waals surface area contributed by atoms with Crippen molar-refractivity contribution in [2.45, 2.75) is 63.6 Å². The number of carbonyl (C=O) groups is 2. The van der Waals surface area contributed by atoms with Gasteiger partial charge in [0.15, 0.2) is 0 Å². The van der Waals surface area contributed by atoms with Crippen molar-refractivity contribution in [3.63, 3.8) is 0 Å². The largest absolute Gasteiger partial charge is 0.416 e. The van der Waals surface area contributed by atoms with Gasteiger partial charge in [-0.1, -0.05) is 23.8 Å². The standard InChI is InChI=1S/C26H31F3N4O2S/c27-26(28,29)21-8-6-19(7-9-21)16-31-23(34)22-17-36-24(32-22)20-11-14-33(15-12-20)25(35)30-13-10-18-4-2-1-3-5-18/h4,6-9,17,20H,1-3,5,10-16H2,(H,30,35)(H,31,34). The van der Waals surface area contributed by atoms with Crippen LogP contribution < -0.4 is 10.6 Å². The first-order valence-electron chi connectivity index (χ1n) is 12.4. The summed E-state index contributed by atoms with van der Waals surface area (Å²) in [5.74, 6) is -0.162. The minimum Gasteiger partial charge on any atom is -0.347 e. The third-order valence-electron chi connectivity index (χ3n) is 6.73. The maximum atomic E-state index is 12.7. The number of carbonyl (C=O) groups excluding carboxylic acids is 2. The van der Waals surface area contributed by atoms with Crippen LogP contribution >= 0.6 is 11.3 Å². The number of alkyl halides is 3. The second-order valence-electron chi connectivity index (χ2n) is 9.30. The zero-order valence-electron chi connectivity index (χ0n) is 20.1. The van der Waals surface area contributed by atoms with Crippen LogP contribution in [0.3, 0.4) is 0 Å². The molecule has 10 heteroatoms. The number of rotatable bonds is 7. The Morgan fingerprint density at radius 3 is 2.50 bits per heavy atom. The Kier molecular flexibility index (Phi) is 8.66. The lowest BCUT2D eigenvalue weighted by molar-refractivity contribution is -0.137. The fourth-order valence-electron chi connectivity index (χ4n) is 4.57. The van der Waals surface area contributed by atoms with E-state index in [0.29, 0.717) is 30.9 Å². The summed E-state index contributed by atoms with van der Waals surface area (Å²) in [5, 5.41) is 8.33. The van der Waals surface area contributed by atoms with Crippen molar-refractivity contribution in [1.82, 2.24) is 20.5 Å². The van der Waals surface area contributed by atoms with E-state index in [1.54, 1.807) is 5.38 Å². The third-order valence-corrected chi connectivity index (χ3v) is 7.73. The molecule has 1 aromatic heterocycles. The van der Waals surface area contributed by atoms with Crippen LogP contribution in [-0.2, 0) is 12.7 Å². The predicted molar refractivity (Wildman–Crippen MR) is 133 cm³/mol. The molecule has 1 aromatic carbocycles. The maximum absolute atomic E-state index is 12.7. The molecule has 0 radical (unpaired) electrons. The van der Waals surface area contributed by atoms with E-state index in [1.165, 1.54) is 41.9 Å².